The van der Waals surface area contributed by atoms with Crippen LogP contribution in [0.15, 0.2) is 34.9 Å². The molecule has 0 amide bonds. The van der Waals surface area contributed by atoms with Gasteiger partial charge in [0.15, 0.2) is 0 Å². The highest BCUT2D eigenvalue weighted by atomic mass is 31.2. The maximum Gasteiger partial charge on any atom is 0.298 e. The summed E-state index contributed by atoms with van der Waals surface area (Å²) < 4.78 is 32.6. The predicted molar refractivity (Wildman–Crippen MR) is 91.0 cm³/mol. The lowest BCUT2D eigenvalue weighted by Crippen LogP contribution is -2.11. The van der Waals surface area contributed by atoms with E-state index in [1.807, 2.05) is 6.92 Å². The first-order chi connectivity index (χ1) is 11.4. The summed E-state index contributed by atoms with van der Waals surface area (Å²) in [5, 5.41) is 0. The van der Waals surface area contributed by atoms with Crippen molar-refractivity contribution in [2.24, 2.45) is 0 Å². The molecule has 2 atom stereocenters. The Labute approximate surface area is 149 Å². The summed E-state index contributed by atoms with van der Waals surface area (Å²) in [5.41, 5.74) is 3.50. The molecule has 0 rings (SSSR count). The van der Waals surface area contributed by atoms with Gasteiger partial charge in [0.2, 0.25) is 0 Å². The molecule has 0 aromatic heterocycles. The standard InChI is InChI=1S/C15H28O8P2/c1-13(2)7-5-8-14(3)9-6-10-15(4)11-12-21-25(19,20)23-22-24(16,17)18/h7,9,11H,5-6,8,10,12H2,1-4H3,(H,19,20)(H2,16,17,18)/p-2/b14-9+,15-11+. The van der Waals surface area contributed by atoms with Crippen LogP contribution in [0.2, 0.25) is 0 Å². The molecule has 0 aliphatic carbocycles. The van der Waals surface area contributed by atoms with Crippen molar-refractivity contribution >= 4 is 15.6 Å². The van der Waals surface area contributed by atoms with E-state index in [9.17, 15) is 18.9 Å². The second-order valence-electron chi connectivity index (χ2n) is 5.82. The third kappa shape index (κ3) is 16.6. The van der Waals surface area contributed by atoms with Gasteiger partial charge in [0, 0.05) is 0 Å². The van der Waals surface area contributed by atoms with E-state index in [0.717, 1.165) is 31.3 Å². The molecule has 0 aliphatic heterocycles. The van der Waals surface area contributed by atoms with Crippen LogP contribution in [-0.4, -0.2) is 11.5 Å². The molecule has 0 saturated carbocycles. The average molecular weight is 396 g/mol. The van der Waals surface area contributed by atoms with E-state index in [1.54, 1.807) is 0 Å². The largest absolute Gasteiger partial charge is 0.755 e. The minimum atomic E-state index is -5.30. The van der Waals surface area contributed by atoms with Crippen LogP contribution < -0.4 is 9.79 Å². The van der Waals surface area contributed by atoms with E-state index < -0.39 is 15.6 Å². The molecular formula is C15H26O8P2-2. The first-order valence-electron chi connectivity index (χ1n) is 7.73. The zero-order valence-electron chi connectivity index (χ0n) is 15.0. The second-order valence-corrected chi connectivity index (χ2v) is 8.21. The van der Waals surface area contributed by atoms with Crippen molar-refractivity contribution in [1.82, 2.24) is 0 Å². The fourth-order valence-corrected chi connectivity index (χ4v) is 2.68. The van der Waals surface area contributed by atoms with Crippen molar-refractivity contribution in [2.45, 2.75) is 53.4 Å². The molecular weight excluding hydrogens is 370 g/mol. The fourth-order valence-electron chi connectivity index (χ4n) is 1.71. The quantitative estimate of drug-likeness (QED) is 0.230. The summed E-state index contributed by atoms with van der Waals surface area (Å²) in [7, 11) is -10.3. The highest BCUT2D eigenvalue weighted by Gasteiger charge is 2.14. The summed E-state index contributed by atoms with van der Waals surface area (Å²) in [6.07, 6.45) is 9.43. The molecule has 8 nitrogen and oxygen atoms in total. The summed E-state index contributed by atoms with van der Waals surface area (Å²) in [6.45, 7) is 7.70. The van der Waals surface area contributed by atoms with Gasteiger partial charge in [0.25, 0.3) is 15.6 Å². The smallest absolute Gasteiger partial charge is 0.298 e. The zero-order valence-corrected chi connectivity index (χ0v) is 16.8. The normalized spacial score (nSPS) is 17.7. The number of phosphoric ester groups is 1. The molecule has 0 aromatic rings. The van der Waals surface area contributed by atoms with Gasteiger partial charge in [-0.15, -0.1) is 0 Å². The Kier molecular flexibility index (Phi) is 11.7. The van der Waals surface area contributed by atoms with Gasteiger partial charge in [-0.2, -0.15) is 9.35 Å². The number of hydrogen-bond donors (Lipinski definition) is 1. The van der Waals surface area contributed by atoms with Crippen LogP contribution >= 0.6 is 15.6 Å². The number of rotatable bonds is 12. The van der Waals surface area contributed by atoms with Gasteiger partial charge >= 0.3 is 0 Å². The van der Waals surface area contributed by atoms with E-state index in [2.05, 4.69) is 46.8 Å². The van der Waals surface area contributed by atoms with Crippen LogP contribution in [0.1, 0.15) is 53.4 Å². The number of hydrogen-bond acceptors (Lipinski definition) is 7. The summed E-state index contributed by atoms with van der Waals surface area (Å²) in [5.74, 6) is 0. The third-order valence-corrected chi connectivity index (χ3v) is 4.11. The fraction of sp³-hybridized carbons (Fsp3) is 0.600. The average Bonchev–Trinajstić information content (AvgIpc) is 2.44. The van der Waals surface area contributed by atoms with Crippen LogP contribution in [0.5, 0.6) is 0 Å². The topological polar surface area (TPSA) is 128 Å². The SMILES string of the molecule is CC(C)=CCC/C(C)=C/CC/C(C)=C/COP(=O)([O-])OOP(=O)([O-])O. The molecule has 0 heterocycles. The Bertz CT molecular complexity index is 584. The van der Waals surface area contributed by atoms with Gasteiger partial charge in [0.1, 0.15) is 0 Å². The van der Waals surface area contributed by atoms with Crippen LogP contribution in [0.3, 0.4) is 0 Å². The lowest BCUT2D eigenvalue weighted by atomic mass is 10.1. The van der Waals surface area contributed by atoms with Gasteiger partial charge in [-0.25, -0.2) is 0 Å². The first kappa shape index (κ1) is 24.4. The molecule has 0 bridgehead atoms. The number of phosphoric acid groups is 2. The monoisotopic (exact) mass is 396 g/mol. The molecule has 146 valence electrons. The Balaban J connectivity index is 4.15. The number of allylic oxidation sites excluding steroid dienone is 5. The van der Waals surface area contributed by atoms with E-state index in [0.29, 0.717) is 0 Å². The van der Waals surface area contributed by atoms with Crippen LogP contribution in [0, 0.1) is 0 Å². The first-order valence-corrected chi connectivity index (χ1v) is 10.7. The molecule has 0 saturated heterocycles. The van der Waals surface area contributed by atoms with Gasteiger partial charge in [-0.1, -0.05) is 34.9 Å². The Hall–Kier alpha value is -0.560. The van der Waals surface area contributed by atoms with E-state index in [-0.39, 0.29) is 6.61 Å². The minimum Gasteiger partial charge on any atom is -0.755 e. The molecule has 0 radical (unpaired) electrons. The minimum absolute atomic E-state index is 0.326. The highest BCUT2D eigenvalue weighted by molar-refractivity contribution is 7.47. The molecule has 2 unspecified atom stereocenters. The Morgan fingerprint density at radius 3 is 1.96 bits per heavy atom. The van der Waals surface area contributed by atoms with Gasteiger partial charge in [-0.3, -0.25) is 9.13 Å². The van der Waals surface area contributed by atoms with E-state index in [1.165, 1.54) is 17.2 Å². The van der Waals surface area contributed by atoms with Gasteiger partial charge in [0.05, 0.1) is 6.61 Å². The molecule has 25 heavy (non-hydrogen) atoms. The molecule has 10 heteroatoms. The second kappa shape index (κ2) is 11.9. The predicted octanol–water partition coefficient (Wildman–Crippen LogP) is 3.30. The van der Waals surface area contributed by atoms with Crippen LogP contribution in [0.4, 0.5) is 0 Å². The van der Waals surface area contributed by atoms with Crippen molar-refractivity contribution < 1.29 is 37.7 Å². The van der Waals surface area contributed by atoms with E-state index >= 15 is 0 Å². The molecule has 0 aliphatic rings. The Morgan fingerprint density at radius 1 is 0.920 bits per heavy atom. The molecule has 0 aromatic carbocycles. The van der Waals surface area contributed by atoms with Gasteiger partial charge < -0.3 is 19.2 Å². The zero-order chi connectivity index (χ0) is 19.5. The summed E-state index contributed by atoms with van der Waals surface area (Å²) in [4.78, 5) is 29.6. The highest BCUT2D eigenvalue weighted by Crippen LogP contribution is 2.44. The third-order valence-electron chi connectivity index (χ3n) is 3.01. The molecule has 0 fully saturated rings. The Morgan fingerprint density at radius 2 is 1.44 bits per heavy atom. The maximum absolute atomic E-state index is 11.2. The maximum atomic E-state index is 11.2. The van der Waals surface area contributed by atoms with Crippen LogP contribution in [-0.2, 0) is 23.0 Å². The molecule has 0 spiro atoms. The van der Waals surface area contributed by atoms with Gasteiger partial charge in [-0.05, 0) is 53.4 Å². The van der Waals surface area contributed by atoms with E-state index in [4.69, 9.17) is 4.89 Å². The lowest BCUT2D eigenvalue weighted by molar-refractivity contribution is -0.307. The van der Waals surface area contributed by atoms with Crippen molar-refractivity contribution in [2.75, 3.05) is 6.61 Å². The van der Waals surface area contributed by atoms with Crippen molar-refractivity contribution in [1.29, 1.82) is 0 Å². The van der Waals surface area contributed by atoms with Crippen molar-refractivity contribution in [3.63, 3.8) is 0 Å². The van der Waals surface area contributed by atoms with Crippen molar-refractivity contribution in [3.8, 4) is 0 Å². The van der Waals surface area contributed by atoms with Crippen molar-refractivity contribution in [3.05, 3.63) is 34.9 Å². The molecule has 1 N–H and O–H groups in total. The summed E-state index contributed by atoms with van der Waals surface area (Å²) in [6, 6.07) is 0. The lowest BCUT2D eigenvalue weighted by Gasteiger charge is -2.23. The summed E-state index contributed by atoms with van der Waals surface area (Å²) >= 11 is 0. The van der Waals surface area contributed by atoms with Crippen LogP contribution in [0.25, 0.3) is 0 Å².